The van der Waals surface area contributed by atoms with Gasteiger partial charge in [0.05, 0.1) is 30.6 Å². The standard InChI is InChI=1S/C30H39ClN2O8S/c1-7-39-25(34)17-23-24(26(20-11-13-21(31)14-12-20)32-29(36)41-30(4,5)6)18-33(27(23)28(35)40-8-2)42(37,38)22-15-9-19(3)10-16-22/h9-16,23-24,26-27H,7-8,17-18H2,1-6H3,(H,32,36)/t23-,24+,26+,27+/m1/s1. The van der Waals surface area contributed by atoms with Crippen LogP contribution in [0.25, 0.3) is 0 Å². The van der Waals surface area contributed by atoms with Gasteiger partial charge in [0.25, 0.3) is 0 Å². The number of nitrogens with zero attached hydrogens (tertiary/aromatic N) is 1. The Morgan fingerprint density at radius 3 is 2.14 bits per heavy atom. The summed E-state index contributed by atoms with van der Waals surface area (Å²) in [7, 11) is -4.25. The fourth-order valence-corrected chi connectivity index (χ4v) is 6.87. The van der Waals surface area contributed by atoms with E-state index in [1.165, 1.54) is 12.1 Å². The molecule has 1 amide bonds. The van der Waals surface area contributed by atoms with E-state index in [9.17, 15) is 22.8 Å². The first-order valence-electron chi connectivity index (χ1n) is 13.8. The maximum absolute atomic E-state index is 14.1. The van der Waals surface area contributed by atoms with Crippen LogP contribution in [0.3, 0.4) is 0 Å². The number of hydrogen-bond acceptors (Lipinski definition) is 8. The van der Waals surface area contributed by atoms with E-state index in [1.54, 1.807) is 71.0 Å². The Hall–Kier alpha value is -3.15. The van der Waals surface area contributed by atoms with Gasteiger partial charge in [-0.1, -0.05) is 41.4 Å². The van der Waals surface area contributed by atoms with Crippen molar-refractivity contribution >= 4 is 39.7 Å². The van der Waals surface area contributed by atoms with Crippen LogP contribution in [0.1, 0.15) is 58.2 Å². The molecule has 0 saturated carbocycles. The molecule has 42 heavy (non-hydrogen) atoms. The highest BCUT2D eigenvalue weighted by atomic mass is 35.5. The molecule has 0 aliphatic carbocycles. The van der Waals surface area contributed by atoms with Gasteiger partial charge >= 0.3 is 18.0 Å². The Labute approximate surface area is 252 Å². The molecule has 230 valence electrons. The van der Waals surface area contributed by atoms with E-state index in [0.29, 0.717) is 10.6 Å². The zero-order valence-electron chi connectivity index (χ0n) is 24.8. The van der Waals surface area contributed by atoms with Gasteiger partial charge in [0.15, 0.2) is 0 Å². The Balaban J connectivity index is 2.19. The number of halogens is 1. The third-order valence-corrected chi connectivity index (χ3v) is 8.96. The van der Waals surface area contributed by atoms with Crippen LogP contribution in [0.5, 0.6) is 0 Å². The molecule has 3 rings (SSSR count). The number of carbonyl (C=O) groups is 3. The van der Waals surface area contributed by atoms with Crippen molar-refractivity contribution in [3.05, 3.63) is 64.7 Å². The topological polar surface area (TPSA) is 128 Å². The zero-order valence-corrected chi connectivity index (χ0v) is 26.3. The first-order chi connectivity index (χ1) is 19.7. The van der Waals surface area contributed by atoms with Crippen molar-refractivity contribution < 1.29 is 37.0 Å². The first-order valence-corrected chi connectivity index (χ1v) is 15.7. The highest BCUT2D eigenvalue weighted by Gasteiger charge is 2.55. The lowest BCUT2D eigenvalue weighted by Gasteiger charge is -2.31. The molecular weight excluding hydrogens is 584 g/mol. The van der Waals surface area contributed by atoms with Crippen molar-refractivity contribution in [2.24, 2.45) is 11.8 Å². The van der Waals surface area contributed by atoms with E-state index in [2.05, 4.69) is 5.32 Å². The Morgan fingerprint density at radius 1 is 1.00 bits per heavy atom. The molecule has 0 radical (unpaired) electrons. The Bertz CT molecular complexity index is 1360. The Morgan fingerprint density at radius 2 is 1.60 bits per heavy atom. The van der Waals surface area contributed by atoms with Gasteiger partial charge in [0.1, 0.15) is 11.6 Å². The van der Waals surface area contributed by atoms with E-state index >= 15 is 0 Å². The monoisotopic (exact) mass is 622 g/mol. The number of sulfonamides is 1. The number of amides is 1. The molecule has 0 aromatic heterocycles. The molecule has 0 bridgehead atoms. The van der Waals surface area contributed by atoms with Crippen LogP contribution in [-0.2, 0) is 33.8 Å². The van der Waals surface area contributed by atoms with Crippen LogP contribution in [0.15, 0.2) is 53.4 Å². The van der Waals surface area contributed by atoms with Crippen molar-refractivity contribution in [3.63, 3.8) is 0 Å². The molecule has 1 aliphatic rings. The van der Waals surface area contributed by atoms with Crippen molar-refractivity contribution in [3.8, 4) is 0 Å². The second-order valence-corrected chi connectivity index (χ2v) is 13.4. The second kappa shape index (κ2) is 13.9. The smallest absolute Gasteiger partial charge is 0.408 e. The average Bonchev–Trinajstić information content (AvgIpc) is 3.27. The van der Waals surface area contributed by atoms with Gasteiger partial charge in [0.2, 0.25) is 10.0 Å². The van der Waals surface area contributed by atoms with E-state index in [-0.39, 0.29) is 31.1 Å². The SMILES string of the molecule is CCOC(=O)C[C@@H]1[C@@H]([C@@H](NC(=O)OC(C)(C)C)c2ccc(Cl)cc2)CN(S(=O)(=O)c2ccc(C)cc2)[C@@H]1C(=O)OCC. The van der Waals surface area contributed by atoms with Gasteiger partial charge in [0, 0.05) is 23.4 Å². The summed E-state index contributed by atoms with van der Waals surface area (Å²) in [5.41, 5.74) is 0.629. The molecular formula is C30H39ClN2O8S. The summed E-state index contributed by atoms with van der Waals surface area (Å²) in [5, 5.41) is 3.32. The van der Waals surface area contributed by atoms with E-state index in [1.807, 2.05) is 6.92 Å². The number of carbonyl (C=O) groups excluding carboxylic acids is 3. The maximum Gasteiger partial charge on any atom is 0.408 e. The molecule has 10 nitrogen and oxygen atoms in total. The summed E-state index contributed by atoms with van der Waals surface area (Å²) in [5.74, 6) is -3.09. The fourth-order valence-electron chi connectivity index (χ4n) is 5.09. The number of esters is 2. The van der Waals surface area contributed by atoms with E-state index in [0.717, 1.165) is 9.87 Å². The highest BCUT2D eigenvalue weighted by Crippen LogP contribution is 2.43. The summed E-state index contributed by atoms with van der Waals surface area (Å²) in [6.07, 6.45) is -1.04. The molecule has 0 unspecified atom stereocenters. The van der Waals surface area contributed by atoms with Crippen molar-refractivity contribution in [1.82, 2.24) is 9.62 Å². The summed E-state index contributed by atoms with van der Waals surface area (Å²) in [6, 6.07) is 10.7. The lowest BCUT2D eigenvalue weighted by molar-refractivity contribution is -0.150. The Kier molecular flexibility index (Phi) is 11.0. The first kappa shape index (κ1) is 33.4. The lowest BCUT2D eigenvalue weighted by atomic mass is 9.80. The molecule has 4 atom stereocenters. The van der Waals surface area contributed by atoms with Gasteiger partial charge < -0.3 is 19.5 Å². The number of hydrogen-bond donors (Lipinski definition) is 1. The molecule has 0 spiro atoms. The molecule has 12 heteroatoms. The minimum absolute atomic E-state index is 0.00131. The molecule has 2 aromatic carbocycles. The second-order valence-electron chi connectivity index (χ2n) is 11.1. The normalized spacial score (nSPS) is 20.0. The van der Waals surface area contributed by atoms with Crippen LogP contribution in [0, 0.1) is 18.8 Å². The third kappa shape index (κ3) is 8.23. The number of ether oxygens (including phenoxy) is 3. The molecule has 1 fully saturated rings. The van der Waals surface area contributed by atoms with Crippen LogP contribution in [0.4, 0.5) is 4.79 Å². The van der Waals surface area contributed by atoms with Crippen molar-refractivity contribution in [1.29, 1.82) is 0 Å². The zero-order chi connectivity index (χ0) is 31.2. The average molecular weight is 623 g/mol. The molecule has 1 N–H and O–H groups in total. The number of benzene rings is 2. The van der Waals surface area contributed by atoms with Gasteiger partial charge in [-0.15, -0.1) is 0 Å². The predicted octanol–water partition coefficient (Wildman–Crippen LogP) is 5.04. The summed E-state index contributed by atoms with van der Waals surface area (Å²) < 4.78 is 45.3. The number of rotatable bonds is 10. The predicted molar refractivity (Wildman–Crippen MR) is 157 cm³/mol. The van der Waals surface area contributed by atoms with Crippen LogP contribution < -0.4 is 5.32 Å². The van der Waals surface area contributed by atoms with E-state index in [4.69, 9.17) is 25.8 Å². The molecule has 1 saturated heterocycles. The largest absolute Gasteiger partial charge is 0.466 e. The van der Waals surface area contributed by atoms with Crippen molar-refractivity contribution in [2.45, 2.75) is 70.5 Å². The summed E-state index contributed by atoms with van der Waals surface area (Å²) in [6.45, 7) is 10.2. The highest BCUT2D eigenvalue weighted by molar-refractivity contribution is 7.89. The van der Waals surface area contributed by atoms with Crippen LogP contribution >= 0.6 is 11.6 Å². The molecule has 1 aliphatic heterocycles. The van der Waals surface area contributed by atoms with Crippen LogP contribution in [0.2, 0.25) is 5.02 Å². The fraction of sp³-hybridized carbons (Fsp3) is 0.500. The lowest BCUT2D eigenvalue weighted by Crippen LogP contribution is -2.45. The molecule has 2 aromatic rings. The van der Waals surface area contributed by atoms with Gasteiger partial charge in [-0.2, -0.15) is 4.31 Å². The van der Waals surface area contributed by atoms with Gasteiger partial charge in [-0.3, -0.25) is 9.59 Å². The maximum atomic E-state index is 14.1. The summed E-state index contributed by atoms with van der Waals surface area (Å²) in [4.78, 5) is 39.4. The van der Waals surface area contributed by atoms with E-state index < -0.39 is 57.6 Å². The van der Waals surface area contributed by atoms with Crippen LogP contribution in [-0.4, -0.2) is 62.2 Å². The summed E-state index contributed by atoms with van der Waals surface area (Å²) >= 11 is 6.14. The molecule has 1 heterocycles. The minimum Gasteiger partial charge on any atom is -0.466 e. The number of alkyl carbamates (subject to hydrolysis) is 1. The minimum atomic E-state index is -4.25. The number of aryl methyl sites for hydroxylation is 1. The quantitative estimate of drug-likeness (QED) is 0.288. The van der Waals surface area contributed by atoms with Crippen molar-refractivity contribution in [2.75, 3.05) is 19.8 Å². The number of nitrogens with one attached hydrogen (secondary N) is 1. The third-order valence-electron chi connectivity index (χ3n) is 6.85. The van der Waals surface area contributed by atoms with Gasteiger partial charge in [-0.05, 0) is 71.4 Å². The van der Waals surface area contributed by atoms with Gasteiger partial charge in [-0.25, -0.2) is 13.2 Å².